The fourth-order valence-electron chi connectivity index (χ4n) is 1.91. The highest BCUT2D eigenvalue weighted by molar-refractivity contribution is 9.10. The molecule has 5 nitrogen and oxygen atoms in total. The Morgan fingerprint density at radius 2 is 2.39 bits per heavy atom. The molecule has 98 valence electrons. The van der Waals surface area contributed by atoms with E-state index in [2.05, 4.69) is 25.8 Å². The third kappa shape index (κ3) is 2.66. The maximum absolute atomic E-state index is 5.85. The summed E-state index contributed by atoms with van der Waals surface area (Å²) in [7, 11) is 4.00. The summed E-state index contributed by atoms with van der Waals surface area (Å²) < 4.78 is 8.44. The number of aryl methyl sites for hydroxylation is 1. The molecule has 2 aromatic rings. The lowest BCUT2D eigenvalue weighted by Crippen LogP contribution is -2.31. The predicted octanol–water partition coefficient (Wildman–Crippen LogP) is 1.91. The first-order valence-corrected chi connectivity index (χ1v) is 6.52. The number of likely N-dealkylation sites (N-methyl/N-ethyl adjacent to an activating group) is 1. The van der Waals surface area contributed by atoms with Crippen LogP contribution in [0.3, 0.4) is 0 Å². The number of furan rings is 1. The molecule has 0 amide bonds. The van der Waals surface area contributed by atoms with E-state index in [0.717, 1.165) is 22.6 Å². The number of aromatic nitrogens is 2. The lowest BCUT2D eigenvalue weighted by atomic mass is 10.2. The molecule has 0 fully saturated rings. The number of hydrogen-bond donors (Lipinski definition) is 1. The summed E-state index contributed by atoms with van der Waals surface area (Å²) in [5, 5.41) is 0. The van der Waals surface area contributed by atoms with Crippen LogP contribution in [-0.2, 0) is 13.6 Å². The summed E-state index contributed by atoms with van der Waals surface area (Å²) >= 11 is 3.47. The van der Waals surface area contributed by atoms with Gasteiger partial charge in [-0.15, -0.1) is 0 Å². The molecule has 1 unspecified atom stereocenters. The molecular formula is C12H17BrN4O. The Morgan fingerprint density at radius 3 is 2.89 bits per heavy atom. The molecule has 0 bridgehead atoms. The topological polar surface area (TPSA) is 60.2 Å². The molecule has 0 aliphatic carbocycles. The highest BCUT2D eigenvalue weighted by atomic mass is 79.9. The van der Waals surface area contributed by atoms with Gasteiger partial charge in [0.15, 0.2) is 0 Å². The van der Waals surface area contributed by atoms with E-state index in [9.17, 15) is 0 Å². The number of imidazole rings is 1. The molecule has 6 heteroatoms. The minimum atomic E-state index is 0.0334. The smallest absolute Gasteiger partial charge is 0.136 e. The van der Waals surface area contributed by atoms with Gasteiger partial charge >= 0.3 is 0 Å². The molecular weight excluding hydrogens is 296 g/mol. The Hall–Kier alpha value is -1.11. The molecule has 0 aliphatic rings. The fraction of sp³-hybridized carbons (Fsp3) is 0.417. The van der Waals surface area contributed by atoms with Crippen LogP contribution in [0.4, 0.5) is 0 Å². The van der Waals surface area contributed by atoms with Gasteiger partial charge in [0.05, 0.1) is 23.3 Å². The van der Waals surface area contributed by atoms with Crippen LogP contribution in [0.5, 0.6) is 0 Å². The first kappa shape index (κ1) is 13.3. The van der Waals surface area contributed by atoms with E-state index in [4.69, 9.17) is 10.2 Å². The van der Waals surface area contributed by atoms with Gasteiger partial charge in [0.2, 0.25) is 0 Å². The van der Waals surface area contributed by atoms with E-state index in [0.29, 0.717) is 6.54 Å². The van der Waals surface area contributed by atoms with Crippen LogP contribution in [0.25, 0.3) is 0 Å². The quantitative estimate of drug-likeness (QED) is 0.916. The highest BCUT2D eigenvalue weighted by Crippen LogP contribution is 2.28. The molecule has 0 saturated heterocycles. The first-order valence-electron chi connectivity index (χ1n) is 5.73. The van der Waals surface area contributed by atoms with Gasteiger partial charge in [-0.3, -0.25) is 4.90 Å². The minimum absolute atomic E-state index is 0.0334. The second-order valence-corrected chi connectivity index (χ2v) is 5.11. The normalized spacial score (nSPS) is 13.2. The Labute approximate surface area is 115 Å². The molecule has 18 heavy (non-hydrogen) atoms. The summed E-state index contributed by atoms with van der Waals surface area (Å²) in [6.45, 7) is 1.21. The van der Waals surface area contributed by atoms with E-state index in [1.54, 1.807) is 12.5 Å². The average molecular weight is 313 g/mol. The molecule has 1 atom stereocenters. The monoisotopic (exact) mass is 312 g/mol. The van der Waals surface area contributed by atoms with Gasteiger partial charge in [-0.1, -0.05) is 0 Å². The first-order chi connectivity index (χ1) is 8.63. The van der Waals surface area contributed by atoms with Gasteiger partial charge in [-0.05, 0) is 29.0 Å². The summed E-state index contributed by atoms with van der Waals surface area (Å²) in [4.78, 5) is 6.45. The Kier molecular flexibility index (Phi) is 4.21. The molecule has 0 aromatic carbocycles. The Balaban J connectivity index is 2.14. The third-order valence-electron chi connectivity index (χ3n) is 3.01. The second kappa shape index (κ2) is 5.69. The number of nitrogens with zero attached hydrogens (tertiary/aromatic N) is 3. The zero-order valence-electron chi connectivity index (χ0n) is 10.5. The zero-order valence-corrected chi connectivity index (χ0v) is 12.1. The van der Waals surface area contributed by atoms with Crippen molar-refractivity contribution in [1.29, 1.82) is 0 Å². The number of hydrogen-bond acceptors (Lipinski definition) is 4. The molecule has 0 saturated carbocycles. The lowest BCUT2D eigenvalue weighted by Gasteiger charge is -2.25. The largest absolute Gasteiger partial charge is 0.466 e. The van der Waals surface area contributed by atoms with Crippen LogP contribution in [0.15, 0.2) is 33.6 Å². The highest BCUT2D eigenvalue weighted by Gasteiger charge is 2.22. The predicted molar refractivity (Wildman–Crippen MR) is 72.9 cm³/mol. The van der Waals surface area contributed by atoms with Crippen molar-refractivity contribution in [2.45, 2.75) is 12.6 Å². The van der Waals surface area contributed by atoms with Crippen molar-refractivity contribution in [3.05, 3.63) is 40.8 Å². The van der Waals surface area contributed by atoms with Crippen LogP contribution in [0.1, 0.15) is 17.6 Å². The van der Waals surface area contributed by atoms with Crippen molar-refractivity contribution in [2.75, 3.05) is 13.6 Å². The van der Waals surface area contributed by atoms with E-state index in [1.165, 1.54) is 0 Å². The van der Waals surface area contributed by atoms with Crippen LogP contribution in [-0.4, -0.2) is 28.0 Å². The summed E-state index contributed by atoms with van der Waals surface area (Å²) in [6.07, 6.45) is 5.39. The molecule has 2 N–H and O–H groups in total. The van der Waals surface area contributed by atoms with Crippen molar-refractivity contribution >= 4 is 15.9 Å². The molecule has 0 radical (unpaired) electrons. The van der Waals surface area contributed by atoms with Crippen molar-refractivity contribution < 1.29 is 4.42 Å². The molecule has 2 heterocycles. The van der Waals surface area contributed by atoms with E-state index >= 15 is 0 Å². The zero-order chi connectivity index (χ0) is 13.1. The van der Waals surface area contributed by atoms with Crippen molar-refractivity contribution in [3.63, 3.8) is 0 Å². The summed E-state index contributed by atoms with van der Waals surface area (Å²) in [6, 6.07) is 1.91. The van der Waals surface area contributed by atoms with E-state index in [1.807, 2.05) is 30.9 Å². The second-order valence-electron chi connectivity index (χ2n) is 4.25. The standard InChI is InChI=1S/C12H17BrN4O/c1-16-5-4-15-11(16)8-17(2)10(7-14)12-9(13)3-6-18-12/h3-6,10H,7-8,14H2,1-2H3. The van der Waals surface area contributed by atoms with Crippen molar-refractivity contribution in [2.24, 2.45) is 12.8 Å². The molecule has 2 aromatic heterocycles. The number of nitrogens with two attached hydrogens (primary N) is 1. The summed E-state index contributed by atoms with van der Waals surface area (Å²) in [5.41, 5.74) is 5.85. The van der Waals surface area contributed by atoms with Crippen LogP contribution < -0.4 is 5.73 Å². The van der Waals surface area contributed by atoms with Gasteiger partial charge in [0.1, 0.15) is 11.6 Å². The number of halogens is 1. The van der Waals surface area contributed by atoms with Crippen LogP contribution in [0.2, 0.25) is 0 Å². The van der Waals surface area contributed by atoms with Gasteiger partial charge in [-0.25, -0.2) is 4.98 Å². The summed E-state index contributed by atoms with van der Waals surface area (Å²) in [5.74, 6) is 1.85. The fourth-order valence-corrected chi connectivity index (χ4v) is 2.38. The van der Waals surface area contributed by atoms with Gasteiger partial charge in [0.25, 0.3) is 0 Å². The van der Waals surface area contributed by atoms with E-state index in [-0.39, 0.29) is 6.04 Å². The van der Waals surface area contributed by atoms with Gasteiger partial charge in [-0.2, -0.15) is 0 Å². The number of rotatable bonds is 5. The van der Waals surface area contributed by atoms with E-state index < -0.39 is 0 Å². The Morgan fingerprint density at radius 1 is 1.61 bits per heavy atom. The molecule has 2 rings (SSSR count). The Bertz CT molecular complexity index is 508. The molecule has 0 aliphatic heterocycles. The van der Waals surface area contributed by atoms with Gasteiger partial charge < -0.3 is 14.7 Å². The van der Waals surface area contributed by atoms with Gasteiger partial charge in [0, 0.05) is 26.0 Å². The van der Waals surface area contributed by atoms with Crippen molar-refractivity contribution in [3.8, 4) is 0 Å². The molecule has 0 spiro atoms. The van der Waals surface area contributed by atoms with Crippen LogP contribution in [0, 0.1) is 0 Å². The van der Waals surface area contributed by atoms with Crippen LogP contribution >= 0.6 is 15.9 Å². The SMILES string of the molecule is CN(Cc1nccn1C)C(CN)c1occc1Br. The maximum atomic E-state index is 5.85. The third-order valence-corrected chi connectivity index (χ3v) is 3.67. The maximum Gasteiger partial charge on any atom is 0.136 e. The minimum Gasteiger partial charge on any atom is -0.466 e. The lowest BCUT2D eigenvalue weighted by molar-refractivity contribution is 0.205. The average Bonchev–Trinajstić information content (AvgIpc) is 2.91. The van der Waals surface area contributed by atoms with Crippen molar-refractivity contribution in [1.82, 2.24) is 14.5 Å².